The zero-order valence-electron chi connectivity index (χ0n) is 20.2. The van der Waals surface area contributed by atoms with Crippen molar-refractivity contribution in [1.82, 2.24) is 5.32 Å². The van der Waals surface area contributed by atoms with Crippen LogP contribution in [0.4, 0.5) is 0 Å². The summed E-state index contributed by atoms with van der Waals surface area (Å²) >= 11 is 0. The van der Waals surface area contributed by atoms with Crippen LogP contribution in [-0.2, 0) is 19.1 Å². The number of ether oxygens (including phenoxy) is 1. The minimum atomic E-state index is -0.739. The maximum Gasteiger partial charge on any atom is 0.303 e. The van der Waals surface area contributed by atoms with Crippen molar-refractivity contribution in [2.75, 3.05) is 0 Å². The monoisotopic (exact) mass is 447 g/mol. The number of carbonyl (C=O) groups is 3. The lowest BCUT2D eigenvalue weighted by atomic mass is 9.49. The maximum atomic E-state index is 13.3. The van der Waals surface area contributed by atoms with Gasteiger partial charge in [-0.15, -0.1) is 0 Å². The third-order valence-electron chi connectivity index (χ3n) is 10.2. The van der Waals surface area contributed by atoms with Crippen LogP contribution in [0.25, 0.3) is 0 Å². The number of carboxylic acids is 1. The fraction of sp³-hybridized carbons (Fsp3) is 0.885. The Morgan fingerprint density at radius 1 is 1.16 bits per heavy atom. The Morgan fingerprint density at radius 3 is 2.59 bits per heavy atom. The van der Waals surface area contributed by atoms with Gasteiger partial charge < -0.3 is 15.2 Å². The van der Waals surface area contributed by atoms with Crippen LogP contribution in [-0.4, -0.2) is 34.6 Å². The second-order valence-corrected chi connectivity index (χ2v) is 11.8. The second-order valence-electron chi connectivity index (χ2n) is 11.8. The average Bonchev–Trinajstić information content (AvgIpc) is 2.97. The number of esters is 1. The minimum Gasteiger partial charge on any atom is -0.481 e. The van der Waals surface area contributed by atoms with E-state index in [0.717, 1.165) is 44.9 Å². The van der Waals surface area contributed by atoms with Gasteiger partial charge in [0, 0.05) is 25.3 Å². The molecule has 1 aliphatic heterocycles. The van der Waals surface area contributed by atoms with Crippen LogP contribution < -0.4 is 5.32 Å². The van der Waals surface area contributed by atoms with Crippen molar-refractivity contribution >= 4 is 17.8 Å². The zero-order chi connectivity index (χ0) is 23.3. The topological polar surface area (TPSA) is 92.7 Å². The van der Waals surface area contributed by atoms with Crippen LogP contribution in [0, 0.1) is 40.9 Å². The van der Waals surface area contributed by atoms with E-state index in [4.69, 9.17) is 9.84 Å². The highest BCUT2D eigenvalue weighted by Crippen LogP contribution is 2.62. The standard InChI is InChI=1S/C26H41NO5/c1-15(5-10-24(30)31)20-8-9-21-19-7-6-17-13-18(32-16(2)28)11-12-25(17,3)22(19)14-23(29)27-26(20,21)4/h15,17-22H,5-14H2,1-4H3,(H,27,29)(H,30,31)/t15-,17-,18+,19+,20-,21+,22+,25+,26-/m1/s1. The summed E-state index contributed by atoms with van der Waals surface area (Å²) in [6, 6.07) is 0. The van der Waals surface area contributed by atoms with E-state index < -0.39 is 5.97 Å². The summed E-state index contributed by atoms with van der Waals surface area (Å²) in [5.41, 5.74) is -0.123. The molecule has 0 bridgehead atoms. The number of rotatable bonds is 5. The first kappa shape index (κ1) is 23.6. The molecule has 3 aliphatic carbocycles. The van der Waals surface area contributed by atoms with Crippen molar-refractivity contribution in [2.24, 2.45) is 40.9 Å². The van der Waals surface area contributed by atoms with Gasteiger partial charge >= 0.3 is 11.9 Å². The lowest BCUT2D eigenvalue weighted by Crippen LogP contribution is -2.55. The predicted molar refractivity (Wildman–Crippen MR) is 121 cm³/mol. The van der Waals surface area contributed by atoms with Gasteiger partial charge in [-0.25, -0.2) is 0 Å². The SMILES string of the molecule is CC(=O)O[C@H]1CC[C@@]2(C)[C@H](CC[C@@H]3[C@@H]2CC(=O)N[C@]2(C)[C@@H]([C@H](C)CCC(=O)O)CC[C@@H]32)C1. The molecule has 0 spiro atoms. The molecule has 4 aliphatic rings. The fourth-order valence-corrected chi connectivity index (χ4v) is 8.67. The van der Waals surface area contributed by atoms with E-state index in [1.54, 1.807) is 0 Å². The van der Waals surface area contributed by atoms with Crippen LogP contribution >= 0.6 is 0 Å². The van der Waals surface area contributed by atoms with Gasteiger partial charge in [0.1, 0.15) is 6.10 Å². The summed E-state index contributed by atoms with van der Waals surface area (Å²) in [5, 5.41) is 12.6. The number of aliphatic carboxylic acids is 1. The molecule has 2 N–H and O–H groups in total. The van der Waals surface area contributed by atoms with E-state index in [9.17, 15) is 14.4 Å². The van der Waals surface area contributed by atoms with E-state index in [1.807, 2.05) is 0 Å². The fourth-order valence-electron chi connectivity index (χ4n) is 8.67. The quantitative estimate of drug-likeness (QED) is 0.603. The lowest BCUT2D eigenvalue weighted by molar-refractivity contribution is -0.155. The highest BCUT2D eigenvalue weighted by molar-refractivity contribution is 5.78. The molecule has 0 aromatic carbocycles. The molecule has 0 radical (unpaired) electrons. The van der Waals surface area contributed by atoms with Crippen LogP contribution in [0.3, 0.4) is 0 Å². The van der Waals surface area contributed by atoms with Crippen molar-refractivity contribution in [2.45, 2.75) is 104 Å². The Bertz CT molecular complexity index is 767. The summed E-state index contributed by atoms with van der Waals surface area (Å²) in [7, 11) is 0. The predicted octanol–water partition coefficient (Wildman–Crippen LogP) is 4.56. The first-order chi connectivity index (χ1) is 15.0. The summed E-state index contributed by atoms with van der Waals surface area (Å²) < 4.78 is 5.57. The molecule has 3 saturated carbocycles. The van der Waals surface area contributed by atoms with Crippen LogP contribution in [0.1, 0.15) is 91.9 Å². The zero-order valence-corrected chi connectivity index (χ0v) is 20.2. The Hall–Kier alpha value is -1.59. The van der Waals surface area contributed by atoms with E-state index in [-0.39, 0.29) is 41.3 Å². The number of carbonyl (C=O) groups excluding carboxylic acids is 2. The molecule has 1 amide bonds. The van der Waals surface area contributed by atoms with Crippen molar-refractivity contribution in [3.63, 3.8) is 0 Å². The van der Waals surface area contributed by atoms with Crippen molar-refractivity contribution in [1.29, 1.82) is 0 Å². The van der Waals surface area contributed by atoms with Gasteiger partial charge in [-0.1, -0.05) is 13.8 Å². The van der Waals surface area contributed by atoms with E-state index in [2.05, 4.69) is 26.1 Å². The first-order valence-corrected chi connectivity index (χ1v) is 12.7. The molecule has 0 aromatic rings. The highest BCUT2D eigenvalue weighted by Gasteiger charge is 2.60. The Kier molecular flexibility index (Phi) is 6.36. The number of hydrogen-bond acceptors (Lipinski definition) is 4. The highest BCUT2D eigenvalue weighted by atomic mass is 16.5. The van der Waals surface area contributed by atoms with Gasteiger partial charge in [-0.3, -0.25) is 14.4 Å². The van der Waals surface area contributed by atoms with Crippen LogP contribution in [0.5, 0.6) is 0 Å². The number of nitrogens with one attached hydrogen (secondary N) is 1. The number of carboxylic acid groups (broad SMARTS) is 1. The van der Waals surface area contributed by atoms with Crippen molar-refractivity contribution < 1.29 is 24.2 Å². The molecule has 6 nitrogen and oxygen atoms in total. The molecule has 6 heteroatoms. The summed E-state index contributed by atoms with van der Waals surface area (Å²) in [6.45, 7) is 8.31. The van der Waals surface area contributed by atoms with Gasteiger partial charge in [0.15, 0.2) is 0 Å². The summed E-state index contributed by atoms with van der Waals surface area (Å²) in [6.07, 6.45) is 8.81. The average molecular weight is 448 g/mol. The Morgan fingerprint density at radius 2 is 1.91 bits per heavy atom. The molecule has 32 heavy (non-hydrogen) atoms. The molecular formula is C26H41NO5. The van der Waals surface area contributed by atoms with E-state index in [1.165, 1.54) is 6.92 Å². The molecule has 4 rings (SSSR count). The molecule has 180 valence electrons. The molecule has 4 fully saturated rings. The Balaban J connectivity index is 1.56. The molecular weight excluding hydrogens is 406 g/mol. The van der Waals surface area contributed by atoms with E-state index in [0.29, 0.717) is 42.4 Å². The molecule has 1 saturated heterocycles. The number of hydrogen-bond donors (Lipinski definition) is 2. The molecule has 0 aromatic heterocycles. The van der Waals surface area contributed by atoms with Gasteiger partial charge in [-0.05, 0) is 99.2 Å². The van der Waals surface area contributed by atoms with Crippen LogP contribution in [0.15, 0.2) is 0 Å². The van der Waals surface area contributed by atoms with Crippen molar-refractivity contribution in [3.05, 3.63) is 0 Å². The maximum absolute atomic E-state index is 13.3. The number of fused-ring (bicyclic) bond motifs is 5. The van der Waals surface area contributed by atoms with Gasteiger partial charge in [0.05, 0.1) is 0 Å². The van der Waals surface area contributed by atoms with E-state index >= 15 is 0 Å². The van der Waals surface area contributed by atoms with Crippen LogP contribution in [0.2, 0.25) is 0 Å². The summed E-state index contributed by atoms with van der Waals surface area (Å²) in [4.78, 5) is 35.9. The van der Waals surface area contributed by atoms with Gasteiger partial charge in [-0.2, -0.15) is 0 Å². The third-order valence-corrected chi connectivity index (χ3v) is 10.2. The lowest BCUT2D eigenvalue weighted by Gasteiger charge is -2.56. The third kappa shape index (κ3) is 4.07. The smallest absolute Gasteiger partial charge is 0.303 e. The summed E-state index contributed by atoms with van der Waals surface area (Å²) in [5.74, 6) is 1.73. The Labute approximate surface area is 192 Å². The van der Waals surface area contributed by atoms with Crippen molar-refractivity contribution in [3.8, 4) is 0 Å². The number of amides is 1. The molecule has 0 unspecified atom stereocenters. The van der Waals surface area contributed by atoms with Gasteiger partial charge in [0.2, 0.25) is 5.91 Å². The minimum absolute atomic E-state index is 0.0259. The first-order valence-electron chi connectivity index (χ1n) is 12.7. The normalized spacial score (nSPS) is 44.3. The largest absolute Gasteiger partial charge is 0.481 e. The van der Waals surface area contributed by atoms with Gasteiger partial charge in [0.25, 0.3) is 0 Å². The molecule has 9 atom stereocenters. The second kappa shape index (κ2) is 8.64. The molecule has 1 heterocycles.